The summed E-state index contributed by atoms with van der Waals surface area (Å²) in [6, 6.07) is 49.1. The van der Waals surface area contributed by atoms with E-state index in [2.05, 4.69) is 145 Å². The number of aromatic nitrogens is 7. The normalized spacial score (nSPS) is 16.2. The Morgan fingerprint density at radius 2 is 1.37 bits per heavy atom. The summed E-state index contributed by atoms with van der Waals surface area (Å²) in [6.45, 7) is 4.28. The van der Waals surface area contributed by atoms with Crippen LogP contribution in [0.4, 0.5) is 0 Å². The van der Waals surface area contributed by atoms with Crippen LogP contribution < -0.4 is 0 Å². The zero-order valence-electron chi connectivity index (χ0n) is 33.4. The van der Waals surface area contributed by atoms with E-state index in [0.717, 1.165) is 106 Å². The highest BCUT2D eigenvalue weighted by atomic mass is 16.1. The van der Waals surface area contributed by atoms with Crippen molar-refractivity contribution < 1.29 is 4.79 Å². The minimum atomic E-state index is -0.861. The standard InChI is InChI=1S/C51H45N7O/c1-3-47-53-48-34(2)31-41(33-37-17-13-16-26-46(37)59)52-50(48)57(47)45-30-28-36-32-35(27-29-43(36)45)42-24-14-15-25-44(42)49-54-55-56-58(49)51(38-18-7-4-8-19-38,39-20-9-5-10-21-39)40-22-11-6-12-23-40/h4-12,14-15,18-25,27,29,31-33,45H,3,13,16-17,26,28,30H2,1-2H3/b37-33+/t45-/m0/s1. The molecule has 2 aliphatic carbocycles. The zero-order chi connectivity index (χ0) is 39.9. The number of hydrogen-bond acceptors (Lipinski definition) is 6. The number of imidazole rings is 1. The van der Waals surface area contributed by atoms with Crippen LogP contribution in [0.2, 0.25) is 0 Å². The Morgan fingerprint density at radius 3 is 2.03 bits per heavy atom. The van der Waals surface area contributed by atoms with Crippen molar-refractivity contribution in [3.8, 4) is 22.5 Å². The first kappa shape index (κ1) is 36.5. The molecule has 0 amide bonds. The van der Waals surface area contributed by atoms with E-state index in [0.29, 0.717) is 12.2 Å². The number of nitrogens with zero attached hydrogens (tertiary/aromatic N) is 7. The molecule has 0 saturated heterocycles. The largest absolute Gasteiger partial charge is 0.305 e. The molecule has 10 rings (SSSR count). The molecule has 0 aliphatic heterocycles. The summed E-state index contributed by atoms with van der Waals surface area (Å²) >= 11 is 0. The number of rotatable bonds is 9. The maximum absolute atomic E-state index is 12.7. The Balaban J connectivity index is 1.08. The summed E-state index contributed by atoms with van der Waals surface area (Å²) in [6.07, 6.45) is 8.18. The van der Waals surface area contributed by atoms with E-state index < -0.39 is 5.54 Å². The monoisotopic (exact) mass is 771 g/mol. The number of allylic oxidation sites excluding steroid dienone is 1. The minimum Gasteiger partial charge on any atom is -0.305 e. The second kappa shape index (κ2) is 15.2. The van der Waals surface area contributed by atoms with Crippen molar-refractivity contribution in [1.82, 2.24) is 34.7 Å². The van der Waals surface area contributed by atoms with E-state index in [9.17, 15) is 4.79 Å². The molecule has 1 fully saturated rings. The van der Waals surface area contributed by atoms with Crippen molar-refractivity contribution in [1.29, 1.82) is 0 Å². The van der Waals surface area contributed by atoms with E-state index in [1.807, 2.05) is 29.0 Å². The average Bonchev–Trinajstić information content (AvgIpc) is 4.04. The lowest BCUT2D eigenvalue weighted by Crippen LogP contribution is -2.39. The number of benzene rings is 5. The molecule has 0 spiro atoms. The first-order valence-corrected chi connectivity index (χ1v) is 20.8. The van der Waals surface area contributed by atoms with Crippen molar-refractivity contribution in [3.05, 3.63) is 190 Å². The highest BCUT2D eigenvalue weighted by Crippen LogP contribution is 2.45. The highest BCUT2D eigenvalue weighted by Gasteiger charge is 2.42. The van der Waals surface area contributed by atoms with Gasteiger partial charge in [-0.2, -0.15) is 0 Å². The van der Waals surface area contributed by atoms with E-state index in [4.69, 9.17) is 20.3 Å². The highest BCUT2D eigenvalue weighted by molar-refractivity contribution is 6.00. The van der Waals surface area contributed by atoms with Crippen LogP contribution in [0.5, 0.6) is 0 Å². The van der Waals surface area contributed by atoms with Gasteiger partial charge in [-0.3, -0.25) is 4.79 Å². The summed E-state index contributed by atoms with van der Waals surface area (Å²) in [7, 11) is 0. The Bertz CT molecular complexity index is 2760. The average molecular weight is 772 g/mol. The van der Waals surface area contributed by atoms with Crippen molar-refractivity contribution in [2.45, 2.75) is 70.4 Å². The Kier molecular flexibility index (Phi) is 9.40. The van der Waals surface area contributed by atoms with Crippen molar-refractivity contribution in [3.63, 3.8) is 0 Å². The third kappa shape index (κ3) is 6.22. The smallest absolute Gasteiger partial charge is 0.184 e. The molecule has 5 aromatic carbocycles. The molecule has 59 heavy (non-hydrogen) atoms. The van der Waals surface area contributed by atoms with Gasteiger partial charge in [-0.15, -0.1) is 5.10 Å². The summed E-state index contributed by atoms with van der Waals surface area (Å²) in [4.78, 5) is 23.1. The predicted octanol–water partition coefficient (Wildman–Crippen LogP) is 10.5. The Morgan fingerprint density at radius 1 is 0.729 bits per heavy atom. The van der Waals surface area contributed by atoms with E-state index >= 15 is 0 Å². The molecule has 1 saturated carbocycles. The second-order valence-corrected chi connectivity index (χ2v) is 15.8. The van der Waals surface area contributed by atoms with Gasteiger partial charge in [0, 0.05) is 18.4 Å². The molecule has 290 valence electrons. The molecular weight excluding hydrogens is 727 g/mol. The number of aryl methyl sites for hydroxylation is 3. The molecule has 1 atom stereocenters. The van der Waals surface area contributed by atoms with Gasteiger partial charge in [0.1, 0.15) is 16.9 Å². The van der Waals surface area contributed by atoms with Gasteiger partial charge < -0.3 is 4.57 Å². The summed E-state index contributed by atoms with van der Waals surface area (Å²) in [5.41, 5.74) is 12.7. The Hall–Kier alpha value is -6.80. The quantitative estimate of drug-likeness (QED) is 0.107. The maximum Gasteiger partial charge on any atom is 0.184 e. The van der Waals surface area contributed by atoms with Crippen LogP contribution >= 0.6 is 0 Å². The molecule has 2 aliphatic rings. The number of fused-ring (bicyclic) bond motifs is 2. The number of hydrogen-bond donors (Lipinski definition) is 0. The Labute approximate surface area is 344 Å². The number of pyridine rings is 1. The SMILES string of the molecule is CCc1nc2c(C)cc(/C=C3\CCCCC3=O)nc2n1[C@H]1CCc2cc(-c3ccccc3-c3nnnn3C(c3ccccc3)(c3ccccc3)c3ccccc3)ccc21. The molecule has 0 bridgehead atoms. The van der Waals surface area contributed by atoms with Gasteiger partial charge in [0.2, 0.25) is 0 Å². The number of carbonyl (C=O) groups is 1. The number of Topliss-reactive ketones (excluding diaryl/α,β-unsaturated/α-hetero) is 1. The van der Waals surface area contributed by atoms with Crippen LogP contribution in [0, 0.1) is 6.92 Å². The molecule has 3 heterocycles. The van der Waals surface area contributed by atoms with Crippen molar-refractivity contribution >= 4 is 23.0 Å². The van der Waals surface area contributed by atoms with Gasteiger partial charge in [-0.25, -0.2) is 14.6 Å². The lowest BCUT2D eigenvalue weighted by molar-refractivity contribution is -0.116. The third-order valence-corrected chi connectivity index (χ3v) is 12.4. The van der Waals surface area contributed by atoms with Gasteiger partial charge in [0.05, 0.1) is 11.7 Å². The van der Waals surface area contributed by atoms with E-state index in [1.165, 1.54) is 11.1 Å². The predicted molar refractivity (Wildman–Crippen MR) is 233 cm³/mol. The second-order valence-electron chi connectivity index (χ2n) is 15.8. The third-order valence-electron chi connectivity index (χ3n) is 12.4. The van der Waals surface area contributed by atoms with Gasteiger partial charge in [-0.05, 0) is 112 Å². The van der Waals surface area contributed by atoms with Gasteiger partial charge in [-0.1, -0.05) is 140 Å². The van der Waals surface area contributed by atoms with Crippen molar-refractivity contribution in [2.75, 3.05) is 0 Å². The first-order valence-electron chi connectivity index (χ1n) is 20.8. The van der Waals surface area contributed by atoms with Crippen LogP contribution in [0.15, 0.2) is 145 Å². The molecule has 0 N–H and O–H groups in total. The van der Waals surface area contributed by atoms with Crippen LogP contribution in [0.3, 0.4) is 0 Å². The minimum absolute atomic E-state index is 0.107. The van der Waals surface area contributed by atoms with Crippen molar-refractivity contribution in [2.24, 2.45) is 0 Å². The summed E-state index contributed by atoms with van der Waals surface area (Å²) in [5.74, 6) is 1.96. The lowest BCUT2D eigenvalue weighted by atomic mass is 9.77. The fraction of sp³-hybridized carbons (Fsp3) is 0.216. The fourth-order valence-corrected chi connectivity index (χ4v) is 9.61. The first-order chi connectivity index (χ1) is 29.0. The summed E-state index contributed by atoms with van der Waals surface area (Å²) in [5, 5.41) is 14.0. The van der Waals surface area contributed by atoms with Gasteiger partial charge in [0.25, 0.3) is 0 Å². The molecule has 8 heteroatoms. The van der Waals surface area contributed by atoms with E-state index in [-0.39, 0.29) is 11.8 Å². The maximum atomic E-state index is 12.7. The van der Waals surface area contributed by atoms with Gasteiger partial charge >= 0.3 is 0 Å². The molecular formula is C51H45N7O. The molecule has 8 aromatic rings. The van der Waals surface area contributed by atoms with Crippen LogP contribution in [-0.4, -0.2) is 40.5 Å². The zero-order valence-corrected chi connectivity index (χ0v) is 33.4. The molecule has 8 nitrogen and oxygen atoms in total. The molecule has 0 unspecified atom stereocenters. The lowest BCUT2D eigenvalue weighted by Gasteiger charge is -2.36. The van der Waals surface area contributed by atoms with E-state index in [1.54, 1.807) is 0 Å². The number of ketones is 1. The summed E-state index contributed by atoms with van der Waals surface area (Å²) < 4.78 is 4.38. The van der Waals surface area contributed by atoms with Crippen LogP contribution in [0.25, 0.3) is 39.8 Å². The number of tetrazole rings is 1. The van der Waals surface area contributed by atoms with Crippen LogP contribution in [-0.2, 0) is 23.2 Å². The number of carbonyl (C=O) groups excluding carboxylic acids is 1. The van der Waals surface area contributed by atoms with Crippen LogP contribution in [0.1, 0.15) is 90.0 Å². The van der Waals surface area contributed by atoms with Gasteiger partial charge in [0.15, 0.2) is 17.3 Å². The molecule has 0 radical (unpaired) electrons. The fourth-order valence-electron chi connectivity index (χ4n) is 9.61. The topological polar surface area (TPSA) is 91.4 Å². The molecule has 3 aromatic heterocycles.